The maximum atomic E-state index is 11.7. The smallest absolute Gasteiger partial charge is 0.410 e. The van der Waals surface area contributed by atoms with Gasteiger partial charge in [0.25, 0.3) is 0 Å². The van der Waals surface area contributed by atoms with Crippen LogP contribution in [0.25, 0.3) is 0 Å². The van der Waals surface area contributed by atoms with Gasteiger partial charge in [0.1, 0.15) is 5.60 Å². The van der Waals surface area contributed by atoms with E-state index >= 15 is 0 Å². The monoisotopic (exact) mass is 310 g/mol. The van der Waals surface area contributed by atoms with E-state index in [9.17, 15) is 4.79 Å². The molecule has 91 valence electrons. The third-order valence-corrected chi connectivity index (χ3v) is 2.25. The summed E-state index contributed by atoms with van der Waals surface area (Å²) in [6.07, 6.45) is 3.79. The number of likely N-dealkylation sites (tertiary alicyclic amines) is 1. The number of piperidine rings is 1. The fraction of sp³-hybridized carbons (Fsp3) is 0.667. The molecule has 1 aliphatic rings. The van der Waals surface area contributed by atoms with Gasteiger partial charge in [-0.1, -0.05) is 0 Å². The Morgan fingerprint density at radius 1 is 1.41 bits per heavy atom. The molecule has 0 bridgehead atoms. The number of carbonyl (C=O) groups excluding carboxylic acids is 1. The number of allylic oxidation sites excluding steroid dienone is 1. The maximum Gasteiger partial charge on any atom is 0.410 e. The standard InChI is InChI=1S/C12H17N2O2.Y/c1-12(2,3)16-11(15)14-8-5-10(4-7-13)6-9-14;/h5-6,8-9H2,1-3H3;/q-1;. The minimum Gasteiger partial charge on any atom is -0.444 e. The van der Waals surface area contributed by atoms with E-state index in [0.29, 0.717) is 25.9 Å². The number of hydrogen-bond acceptors (Lipinski definition) is 3. The van der Waals surface area contributed by atoms with Gasteiger partial charge in [-0.25, -0.2) is 15.6 Å². The van der Waals surface area contributed by atoms with Crippen molar-refractivity contribution in [1.29, 1.82) is 5.26 Å². The van der Waals surface area contributed by atoms with E-state index in [1.165, 1.54) is 0 Å². The summed E-state index contributed by atoms with van der Waals surface area (Å²) in [6, 6.07) is 1.90. The first-order valence-electron chi connectivity index (χ1n) is 5.40. The zero-order chi connectivity index (χ0) is 12.2. The van der Waals surface area contributed by atoms with E-state index in [1.54, 1.807) is 4.90 Å². The topological polar surface area (TPSA) is 53.3 Å². The molecule has 0 atom stereocenters. The molecule has 1 saturated heterocycles. The molecule has 0 aromatic heterocycles. The molecule has 1 radical (unpaired) electrons. The maximum absolute atomic E-state index is 11.7. The van der Waals surface area contributed by atoms with Crippen molar-refractivity contribution in [2.24, 2.45) is 0 Å². The Labute approximate surface area is 128 Å². The van der Waals surface area contributed by atoms with Crippen molar-refractivity contribution in [3.8, 4) is 6.07 Å². The van der Waals surface area contributed by atoms with Gasteiger partial charge in [-0.2, -0.15) is 0 Å². The van der Waals surface area contributed by atoms with Crippen molar-refractivity contribution in [2.45, 2.75) is 39.2 Å². The molecular formula is C12H17N2O2Y-. The molecule has 1 heterocycles. The Morgan fingerprint density at radius 2 is 1.94 bits per heavy atom. The summed E-state index contributed by atoms with van der Waals surface area (Å²) in [4.78, 5) is 13.4. The SMILES string of the molecule is CC(C)(C)OC(=O)N1CCC(=[C-]C#N)CC1.[Y]. The van der Waals surface area contributed by atoms with Gasteiger partial charge < -0.3 is 15.7 Å². The number of amides is 1. The minimum absolute atomic E-state index is 0. The third kappa shape index (κ3) is 6.19. The predicted octanol–water partition coefficient (Wildman–Crippen LogP) is 2.27. The molecule has 0 N–H and O–H groups in total. The van der Waals surface area contributed by atoms with E-state index in [0.717, 1.165) is 5.57 Å². The molecule has 1 fully saturated rings. The molecular weight excluding hydrogens is 293 g/mol. The molecule has 1 amide bonds. The van der Waals surface area contributed by atoms with Crippen molar-refractivity contribution in [3.05, 3.63) is 11.6 Å². The van der Waals surface area contributed by atoms with E-state index in [1.807, 2.05) is 26.8 Å². The van der Waals surface area contributed by atoms with E-state index in [-0.39, 0.29) is 38.8 Å². The third-order valence-electron chi connectivity index (χ3n) is 2.25. The number of rotatable bonds is 0. The van der Waals surface area contributed by atoms with Gasteiger partial charge in [-0.3, -0.25) is 0 Å². The summed E-state index contributed by atoms with van der Waals surface area (Å²) in [5, 5.41) is 8.46. The van der Waals surface area contributed by atoms with Gasteiger partial charge in [-0.15, -0.1) is 6.07 Å². The molecule has 0 aromatic rings. The predicted molar refractivity (Wildman–Crippen MR) is 59.4 cm³/mol. The van der Waals surface area contributed by atoms with Gasteiger partial charge in [0.15, 0.2) is 0 Å². The molecule has 1 rings (SSSR count). The first-order chi connectivity index (χ1) is 7.42. The zero-order valence-corrected chi connectivity index (χ0v) is 13.5. The second-order valence-corrected chi connectivity index (χ2v) is 4.81. The zero-order valence-electron chi connectivity index (χ0n) is 10.6. The number of nitriles is 1. The Morgan fingerprint density at radius 3 is 2.35 bits per heavy atom. The largest absolute Gasteiger partial charge is 0.444 e. The van der Waals surface area contributed by atoms with Gasteiger partial charge in [0.05, 0.1) is 0 Å². The van der Waals surface area contributed by atoms with Crippen LogP contribution in [0.2, 0.25) is 0 Å². The molecule has 17 heavy (non-hydrogen) atoms. The summed E-state index contributed by atoms with van der Waals surface area (Å²) < 4.78 is 5.26. The van der Waals surface area contributed by atoms with E-state index in [2.05, 4.69) is 6.08 Å². The summed E-state index contributed by atoms with van der Waals surface area (Å²) in [5.74, 6) is 0. The molecule has 5 heteroatoms. The van der Waals surface area contributed by atoms with Gasteiger partial charge in [-0.05, 0) is 33.6 Å². The van der Waals surface area contributed by atoms with Crippen LogP contribution in [0.1, 0.15) is 33.6 Å². The number of nitrogens with zero attached hydrogens (tertiary/aromatic N) is 2. The Balaban J connectivity index is 0.00000256. The number of hydrogen-bond donors (Lipinski definition) is 0. The summed E-state index contributed by atoms with van der Waals surface area (Å²) >= 11 is 0. The first-order valence-corrected chi connectivity index (χ1v) is 5.40. The Hall–Kier alpha value is -0.396. The summed E-state index contributed by atoms with van der Waals surface area (Å²) in [7, 11) is 0. The van der Waals surface area contributed by atoms with Gasteiger partial charge in [0.2, 0.25) is 0 Å². The van der Waals surface area contributed by atoms with Crippen LogP contribution in [0.5, 0.6) is 0 Å². The van der Waals surface area contributed by atoms with Crippen LogP contribution >= 0.6 is 0 Å². The van der Waals surface area contributed by atoms with Crippen molar-refractivity contribution < 1.29 is 42.2 Å². The van der Waals surface area contributed by atoms with Gasteiger partial charge >= 0.3 is 6.09 Å². The van der Waals surface area contributed by atoms with Crippen molar-refractivity contribution in [1.82, 2.24) is 4.90 Å². The average Bonchev–Trinajstić information content (AvgIpc) is 2.16. The average molecular weight is 310 g/mol. The van der Waals surface area contributed by atoms with Crippen LogP contribution in [-0.2, 0) is 37.4 Å². The van der Waals surface area contributed by atoms with Crippen LogP contribution in [-0.4, -0.2) is 29.7 Å². The first kappa shape index (κ1) is 16.6. The van der Waals surface area contributed by atoms with E-state index in [4.69, 9.17) is 10.00 Å². The summed E-state index contributed by atoms with van der Waals surface area (Å²) in [6.45, 7) is 6.77. The van der Waals surface area contributed by atoms with Crippen LogP contribution in [0.3, 0.4) is 0 Å². The molecule has 0 spiro atoms. The van der Waals surface area contributed by atoms with Crippen molar-refractivity contribution >= 4 is 6.09 Å². The van der Waals surface area contributed by atoms with Crippen LogP contribution < -0.4 is 0 Å². The molecule has 0 saturated carbocycles. The molecule has 0 aromatic carbocycles. The minimum atomic E-state index is -0.452. The molecule has 0 unspecified atom stereocenters. The normalized spacial score (nSPS) is 15.6. The number of carbonyl (C=O) groups is 1. The molecule has 1 aliphatic heterocycles. The Bertz CT molecular complexity index is 329. The van der Waals surface area contributed by atoms with Gasteiger partial charge in [0, 0.05) is 45.8 Å². The van der Waals surface area contributed by atoms with Crippen molar-refractivity contribution in [3.63, 3.8) is 0 Å². The van der Waals surface area contributed by atoms with E-state index < -0.39 is 5.60 Å². The van der Waals surface area contributed by atoms with Crippen LogP contribution in [0.15, 0.2) is 5.57 Å². The second kappa shape index (κ2) is 7.13. The molecule has 4 nitrogen and oxygen atoms in total. The Kier molecular flexibility index (Phi) is 6.96. The fourth-order valence-electron chi connectivity index (χ4n) is 1.49. The molecule has 0 aliphatic carbocycles. The quantitative estimate of drug-likeness (QED) is 0.509. The fourth-order valence-corrected chi connectivity index (χ4v) is 1.49. The second-order valence-electron chi connectivity index (χ2n) is 4.81. The van der Waals surface area contributed by atoms with Crippen LogP contribution in [0, 0.1) is 17.4 Å². The van der Waals surface area contributed by atoms with Crippen molar-refractivity contribution in [2.75, 3.05) is 13.1 Å². The van der Waals surface area contributed by atoms with Crippen LogP contribution in [0.4, 0.5) is 4.79 Å². The summed E-state index contributed by atoms with van der Waals surface area (Å²) in [5.41, 5.74) is 0.536. The number of ether oxygens (including phenoxy) is 1.